The standard InChI is InChI=1S/C69H92FN9O14/c1-6-92-60-43-54(87-5)23-22-53(60)46-79(68(86)93-69(2,3)4)47-62(81)78-27-13-18-52(45-78)50-16-12-17-51(42-50)64(82)73-63(49-14-8-7-9-15-49)66(84)72-26-33-89-35-37-91-39-38-90-36-34-88-32-25-71-44-61(80)76-28-30-77(31-29-76)67(85)57-40-48(21-24-58(57)70)41-59-55-19-10-11-20-56(55)65(83)75-74-59/h10-12,16-17,19-24,40,42-43,49,52,63,71H,6-9,13-15,18,25-39,41,44-47H2,1-5H3,(H,72,84)(H,73,82)(H,75,83)/t52?,63-/m1/s1. The number of methoxy groups -OCH3 is 1. The lowest BCUT2D eigenvalue weighted by Crippen LogP contribution is -2.52. The molecule has 3 fully saturated rings. The van der Waals surface area contributed by atoms with Crippen molar-refractivity contribution in [1.82, 2.24) is 45.7 Å². The first-order valence-corrected chi connectivity index (χ1v) is 32.6. The topological polar surface area (TPSA) is 262 Å². The summed E-state index contributed by atoms with van der Waals surface area (Å²) in [6.45, 7) is 13.1. The third-order valence-electron chi connectivity index (χ3n) is 16.7. The molecule has 93 heavy (non-hydrogen) atoms. The zero-order valence-electron chi connectivity index (χ0n) is 54.4. The van der Waals surface area contributed by atoms with Crippen molar-refractivity contribution in [3.05, 3.63) is 135 Å². The number of aromatic amines is 1. The molecule has 0 spiro atoms. The van der Waals surface area contributed by atoms with E-state index in [1.165, 1.54) is 17.0 Å². The molecule has 1 saturated carbocycles. The van der Waals surface area contributed by atoms with Gasteiger partial charge in [-0.3, -0.25) is 33.7 Å². The summed E-state index contributed by atoms with van der Waals surface area (Å²) in [5.41, 5.74) is 2.18. The highest BCUT2D eigenvalue weighted by Gasteiger charge is 2.34. The Labute approximate surface area is 543 Å². The van der Waals surface area contributed by atoms with Crippen LogP contribution in [0.3, 0.4) is 0 Å². The van der Waals surface area contributed by atoms with Gasteiger partial charge in [-0.25, -0.2) is 14.3 Å². The number of ether oxygens (including phenoxy) is 7. The maximum absolute atomic E-state index is 15.0. The third-order valence-corrected chi connectivity index (χ3v) is 16.7. The molecule has 2 saturated heterocycles. The first-order chi connectivity index (χ1) is 45.0. The van der Waals surface area contributed by atoms with Gasteiger partial charge in [0, 0.05) is 87.3 Å². The minimum atomic E-state index is -0.787. The number of nitrogens with zero attached hydrogens (tertiary/aromatic N) is 5. The molecule has 4 aromatic carbocycles. The Balaban J connectivity index is 0.667. The predicted octanol–water partition coefficient (Wildman–Crippen LogP) is 6.64. The van der Waals surface area contributed by atoms with Crippen molar-refractivity contribution >= 4 is 46.4 Å². The second kappa shape index (κ2) is 35.9. The van der Waals surface area contributed by atoms with Gasteiger partial charge >= 0.3 is 6.09 Å². The molecule has 3 aliphatic rings. The maximum atomic E-state index is 15.0. The average Bonchev–Trinajstić information content (AvgIpc) is 1.20. The molecule has 2 aliphatic heterocycles. The van der Waals surface area contributed by atoms with Gasteiger partial charge in [0.1, 0.15) is 35.5 Å². The zero-order valence-corrected chi connectivity index (χ0v) is 54.4. The molecular formula is C69H92FN9O14. The van der Waals surface area contributed by atoms with Crippen LogP contribution in [0.2, 0.25) is 0 Å². The molecule has 4 N–H and O–H groups in total. The summed E-state index contributed by atoms with van der Waals surface area (Å²) >= 11 is 0. The van der Waals surface area contributed by atoms with Crippen LogP contribution in [0.1, 0.15) is 122 Å². The van der Waals surface area contributed by atoms with Crippen molar-refractivity contribution in [3.63, 3.8) is 0 Å². The van der Waals surface area contributed by atoms with Gasteiger partial charge in [-0.05, 0) is 113 Å². The molecule has 2 atom stereocenters. The van der Waals surface area contributed by atoms with E-state index in [0.717, 1.165) is 50.5 Å². The Bertz CT molecular complexity index is 3350. The number of piperazine rings is 1. The highest BCUT2D eigenvalue weighted by molar-refractivity contribution is 5.98. The van der Waals surface area contributed by atoms with Crippen molar-refractivity contribution in [2.24, 2.45) is 5.92 Å². The molecule has 3 heterocycles. The lowest BCUT2D eigenvalue weighted by atomic mass is 9.83. The second-order valence-corrected chi connectivity index (χ2v) is 24.5. The first kappa shape index (κ1) is 70.8. The van der Waals surface area contributed by atoms with Crippen LogP contribution in [0.15, 0.2) is 89.7 Å². The smallest absolute Gasteiger partial charge is 0.411 e. The number of rotatable bonds is 32. The van der Waals surface area contributed by atoms with Crippen LogP contribution in [0.4, 0.5) is 9.18 Å². The van der Waals surface area contributed by atoms with Gasteiger partial charge in [0.15, 0.2) is 0 Å². The molecule has 24 heteroatoms. The fourth-order valence-electron chi connectivity index (χ4n) is 11.8. The summed E-state index contributed by atoms with van der Waals surface area (Å²) in [5, 5.41) is 17.1. The van der Waals surface area contributed by atoms with Gasteiger partial charge in [0.2, 0.25) is 17.7 Å². The first-order valence-electron chi connectivity index (χ1n) is 32.6. The maximum Gasteiger partial charge on any atom is 0.411 e. The number of amides is 6. The van der Waals surface area contributed by atoms with Gasteiger partial charge < -0.3 is 63.8 Å². The monoisotopic (exact) mass is 1290 g/mol. The van der Waals surface area contributed by atoms with Crippen LogP contribution in [0.5, 0.6) is 11.5 Å². The zero-order chi connectivity index (χ0) is 66.1. The van der Waals surface area contributed by atoms with Gasteiger partial charge in [0.25, 0.3) is 17.4 Å². The second-order valence-electron chi connectivity index (χ2n) is 24.5. The molecule has 23 nitrogen and oxygen atoms in total. The fraction of sp³-hybridized carbons (Fsp3) is 0.536. The number of hydrogen-bond acceptors (Lipinski definition) is 16. The summed E-state index contributed by atoms with van der Waals surface area (Å²) in [6, 6.07) is 23.5. The number of halogens is 1. The molecule has 1 unspecified atom stereocenters. The summed E-state index contributed by atoms with van der Waals surface area (Å²) < 4.78 is 54.7. The number of carbonyl (C=O) groups is 6. The van der Waals surface area contributed by atoms with Crippen molar-refractivity contribution in [3.8, 4) is 11.5 Å². The van der Waals surface area contributed by atoms with E-state index in [9.17, 15) is 33.6 Å². The Morgan fingerprint density at radius 1 is 0.731 bits per heavy atom. The molecule has 8 rings (SSSR count). The van der Waals surface area contributed by atoms with Gasteiger partial charge in [-0.15, -0.1) is 0 Å². The Hall–Kier alpha value is -8.03. The Morgan fingerprint density at radius 3 is 2.12 bits per heavy atom. The SMILES string of the molecule is CCOc1cc(OC)ccc1CN(CC(=O)N1CCCC(c2cccc(C(=O)N[C@@H](C(=O)NCCOCCOCCOCCOCCNCC(=O)N3CCN(C(=O)c4cc(Cc5n[nH]c(=O)c6ccccc56)ccc4F)CC3)C3CCCCC3)c2)C1)C(=O)OC(C)(C)C. The van der Waals surface area contributed by atoms with E-state index in [0.29, 0.717) is 130 Å². The largest absolute Gasteiger partial charge is 0.497 e. The lowest BCUT2D eigenvalue weighted by molar-refractivity contribution is -0.134. The fourth-order valence-corrected chi connectivity index (χ4v) is 11.8. The number of likely N-dealkylation sites (tertiary alicyclic amines) is 1. The van der Waals surface area contributed by atoms with E-state index in [-0.39, 0.29) is 98.9 Å². The molecule has 6 amide bonds. The summed E-state index contributed by atoms with van der Waals surface area (Å²) in [6.07, 6.45) is 5.91. The van der Waals surface area contributed by atoms with Crippen molar-refractivity contribution in [2.75, 3.05) is 132 Å². The summed E-state index contributed by atoms with van der Waals surface area (Å²) in [4.78, 5) is 101. The number of benzene rings is 4. The van der Waals surface area contributed by atoms with Crippen LogP contribution in [0, 0.1) is 11.7 Å². The Morgan fingerprint density at radius 2 is 1.42 bits per heavy atom. The van der Waals surface area contributed by atoms with Crippen molar-refractivity contribution in [1.29, 1.82) is 0 Å². The molecule has 1 aliphatic carbocycles. The minimum Gasteiger partial charge on any atom is -0.497 e. The van der Waals surface area contributed by atoms with E-state index < -0.39 is 29.5 Å². The highest BCUT2D eigenvalue weighted by Crippen LogP contribution is 2.31. The van der Waals surface area contributed by atoms with Crippen LogP contribution in [0.25, 0.3) is 10.8 Å². The lowest BCUT2D eigenvalue weighted by Gasteiger charge is -2.35. The van der Waals surface area contributed by atoms with E-state index in [4.69, 9.17) is 33.2 Å². The third kappa shape index (κ3) is 21.5. The normalized spacial score (nSPS) is 15.8. The van der Waals surface area contributed by atoms with Crippen LogP contribution in [-0.2, 0) is 51.0 Å². The summed E-state index contributed by atoms with van der Waals surface area (Å²) in [7, 11) is 1.57. The van der Waals surface area contributed by atoms with Crippen LogP contribution in [-0.4, -0.2) is 209 Å². The average molecular weight is 1290 g/mol. The highest BCUT2D eigenvalue weighted by atomic mass is 19.1. The van der Waals surface area contributed by atoms with Crippen LogP contribution >= 0.6 is 0 Å². The number of fused-ring (bicyclic) bond motifs is 1. The number of carbonyl (C=O) groups excluding carboxylic acids is 6. The van der Waals surface area contributed by atoms with E-state index in [1.807, 2.05) is 37.3 Å². The van der Waals surface area contributed by atoms with E-state index in [1.54, 1.807) is 85.0 Å². The minimum absolute atomic E-state index is 0.0125. The Kier molecular flexibility index (Phi) is 27.3. The van der Waals surface area contributed by atoms with Gasteiger partial charge in [0.05, 0.1) is 96.3 Å². The predicted molar refractivity (Wildman–Crippen MR) is 347 cm³/mol. The molecule has 1 aromatic heterocycles. The summed E-state index contributed by atoms with van der Waals surface area (Å²) in [5.74, 6) is -0.927. The number of nitrogens with one attached hydrogen (secondary N) is 4. The van der Waals surface area contributed by atoms with E-state index in [2.05, 4.69) is 26.1 Å². The van der Waals surface area contributed by atoms with Gasteiger partial charge in [-0.1, -0.05) is 55.7 Å². The molecule has 0 bridgehead atoms. The number of piperidine rings is 1. The number of H-pyrrole nitrogens is 1. The number of hydrogen-bond donors (Lipinski definition) is 4. The molecule has 504 valence electrons. The van der Waals surface area contributed by atoms with Crippen molar-refractivity contribution in [2.45, 2.75) is 103 Å². The number of aromatic nitrogens is 2. The molecule has 5 aromatic rings. The quantitative estimate of drug-likeness (QED) is 0.0329. The van der Waals surface area contributed by atoms with Crippen molar-refractivity contribution < 1.29 is 66.3 Å². The van der Waals surface area contributed by atoms with E-state index >= 15 is 4.39 Å². The van der Waals surface area contributed by atoms with Gasteiger partial charge in [-0.2, -0.15) is 5.10 Å². The molecule has 0 radical (unpaired) electrons. The van der Waals surface area contributed by atoms with Crippen LogP contribution < -0.4 is 31.0 Å². The molecular weight excluding hydrogens is 1200 g/mol.